The molecule has 1 aromatic carbocycles. The molecule has 5 nitrogen and oxygen atoms in total. The van der Waals surface area contributed by atoms with E-state index in [1.54, 1.807) is 0 Å². The average Bonchev–Trinajstić information content (AvgIpc) is 3.00. The second kappa shape index (κ2) is 10.2. The zero-order valence-electron chi connectivity index (χ0n) is 16.4. The molecule has 0 bridgehead atoms. The van der Waals surface area contributed by atoms with Crippen LogP contribution in [0.5, 0.6) is 0 Å². The van der Waals surface area contributed by atoms with Crippen molar-refractivity contribution in [2.75, 3.05) is 24.6 Å². The van der Waals surface area contributed by atoms with Gasteiger partial charge >= 0.3 is 0 Å². The number of rotatable bonds is 5. The predicted molar refractivity (Wildman–Crippen MR) is 123 cm³/mol. The van der Waals surface area contributed by atoms with Crippen molar-refractivity contribution in [2.45, 2.75) is 56.9 Å². The van der Waals surface area contributed by atoms with Gasteiger partial charge in [0.05, 0.1) is 18.1 Å². The number of aliphatic imine (C=N–C) groups is 1. The maximum Gasteiger partial charge on any atom is 0.191 e. The summed E-state index contributed by atoms with van der Waals surface area (Å²) in [7, 11) is -2.93. The Balaban J connectivity index is 0.00000280. The smallest absolute Gasteiger partial charge is 0.191 e. The molecule has 0 aromatic heterocycles. The average molecular weight is 523 g/mol. The van der Waals surface area contributed by atoms with Crippen LogP contribution in [0.15, 0.2) is 29.3 Å². The van der Waals surface area contributed by atoms with Crippen molar-refractivity contribution in [1.82, 2.24) is 10.6 Å². The van der Waals surface area contributed by atoms with Crippen molar-refractivity contribution in [3.8, 4) is 0 Å². The molecule has 2 N–H and O–H groups in total. The van der Waals surface area contributed by atoms with Gasteiger partial charge in [-0.2, -0.15) is 0 Å². The van der Waals surface area contributed by atoms with Crippen molar-refractivity contribution in [2.24, 2.45) is 4.99 Å². The first-order valence-corrected chi connectivity index (χ1v) is 11.8. The fourth-order valence-corrected chi connectivity index (χ4v) is 5.90. The van der Waals surface area contributed by atoms with Gasteiger partial charge in [0.15, 0.2) is 15.8 Å². The molecule has 1 unspecified atom stereocenters. The number of guanidine groups is 1. The molecular formula is C20H31FIN3O2S. The summed E-state index contributed by atoms with van der Waals surface area (Å²) in [6.45, 7) is 3.33. The van der Waals surface area contributed by atoms with Crippen LogP contribution in [0, 0.1) is 5.82 Å². The first kappa shape index (κ1) is 23.4. The van der Waals surface area contributed by atoms with E-state index in [9.17, 15) is 12.8 Å². The molecule has 158 valence electrons. The van der Waals surface area contributed by atoms with Crippen LogP contribution in [0.1, 0.15) is 51.0 Å². The minimum Gasteiger partial charge on any atom is -0.357 e. The van der Waals surface area contributed by atoms with Crippen LogP contribution in [-0.2, 0) is 15.3 Å². The highest BCUT2D eigenvalue weighted by molar-refractivity contribution is 14.0. The Morgan fingerprint density at radius 1 is 1.21 bits per heavy atom. The van der Waals surface area contributed by atoms with Crippen molar-refractivity contribution in [1.29, 1.82) is 0 Å². The van der Waals surface area contributed by atoms with Crippen LogP contribution in [0.4, 0.5) is 4.39 Å². The van der Waals surface area contributed by atoms with E-state index in [1.165, 1.54) is 18.6 Å². The van der Waals surface area contributed by atoms with E-state index in [2.05, 4.69) is 10.6 Å². The number of halogens is 2. The van der Waals surface area contributed by atoms with Crippen LogP contribution < -0.4 is 10.6 Å². The van der Waals surface area contributed by atoms with Gasteiger partial charge in [0.25, 0.3) is 0 Å². The van der Waals surface area contributed by atoms with Gasteiger partial charge in [-0.1, -0.05) is 31.4 Å². The molecule has 8 heteroatoms. The molecule has 2 fully saturated rings. The normalized spacial score (nSPS) is 23.6. The van der Waals surface area contributed by atoms with E-state index in [4.69, 9.17) is 4.99 Å². The first-order valence-electron chi connectivity index (χ1n) is 9.94. The number of nitrogens with one attached hydrogen (secondary N) is 2. The lowest BCUT2D eigenvalue weighted by atomic mass is 9.69. The maximum absolute atomic E-state index is 13.4. The standard InChI is InChI=1S/C20H30FN3O2S.HI/c1-2-22-19(24-18-10-13-27(25,26)14-18)23-15-20(11-4-3-5-12-20)16-6-8-17(21)9-7-16;/h6-9,18H,2-5,10-15H2,1H3,(H2,22,23,24);1H. The van der Waals surface area contributed by atoms with E-state index in [1.807, 2.05) is 19.1 Å². The SMILES string of the molecule is CCNC(=NCC1(c2ccc(F)cc2)CCCCC1)NC1CCS(=O)(=O)C1.I. The Labute approximate surface area is 184 Å². The Morgan fingerprint density at radius 3 is 2.46 bits per heavy atom. The summed E-state index contributed by atoms with van der Waals surface area (Å²) < 4.78 is 36.8. The minimum atomic E-state index is -2.93. The van der Waals surface area contributed by atoms with Crippen LogP contribution in [-0.4, -0.2) is 45.0 Å². The second-order valence-electron chi connectivity index (χ2n) is 7.79. The monoisotopic (exact) mass is 523 g/mol. The Morgan fingerprint density at radius 2 is 1.89 bits per heavy atom. The van der Waals surface area contributed by atoms with Gasteiger partial charge in [-0.25, -0.2) is 12.8 Å². The summed E-state index contributed by atoms with van der Waals surface area (Å²) >= 11 is 0. The Kier molecular flexibility index (Phi) is 8.54. The lowest BCUT2D eigenvalue weighted by molar-refractivity contribution is 0.300. The molecule has 28 heavy (non-hydrogen) atoms. The van der Waals surface area contributed by atoms with Crippen molar-refractivity contribution >= 4 is 39.8 Å². The minimum absolute atomic E-state index is 0. The molecule has 0 radical (unpaired) electrons. The fourth-order valence-electron chi connectivity index (χ4n) is 4.22. The third-order valence-corrected chi connectivity index (χ3v) is 7.49. The number of sulfone groups is 1. The summed E-state index contributed by atoms with van der Waals surface area (Å²) in [6, 6.07) is 6.76. The molecule has 0 amide bonds. The largest absolute Gasteiger partial charge is 0.357 e. The van der Waals surface area contributed by atoms with Gasteiger partial charge in [0.2, 0.25) is 0 Å². The molecule has 1 saturated heterocycles. The van der Waals surface area contributed by atoms with Crippen molar-refractivity contribution in [3.63, 3.8) is 0 Å². The van der Waals surface area contributed by atoms with Crippen molar-refractivity contribution < 1.29 is 12.8 Å². The zero-order chi connectivity index (χ0) is 19.3. The molecule has 3 rings (SSSR count). The first-order chi connectivity index (χ1) is 12.9. The lowest BCUT2D eigenvalue weighted by Gasteiger charge is -2.37. The number of nitrogens with zero attached hydrogens (tertiary/aromatic N) is 1. The Hall–Kier alpha value is -0.900. The van der Waals surface area contributed by atoms with E-state index < -0.39 is 9.84 Å². The summed E-state index contributed by atoms with van der Waals surface area (Å²) in [6.07, 6.45) is 6.23. The number of benzene rings is 1. The van der Waals surface area contributed by atoms with Crippen LogP contribution in [0.3, 0.4) is 0 Å². The van der Waals surface area contributed by atoms with E-state index in [0.717, 1.165) is 37.8 Å². The van der Waals surface area contributed by atoms with Gasteiger partial charge in [-0.3, -0.25) is 4.99 Å². The topological polar surface area (TPSA) is 70.6 Å². The third kappa shape index (κ3) is 6.05. The van der Waals surface area contributed by atoms with Gasteiger partial charge in [0.1, 0.15) is 5.82 Å². The van der Waals surface area contributed by atoms with Crippen LogP contribution in [0.2, 0.25) is 0 Å². The third-order valence-electron chi connectivity index (χ3n) is 5.72. The summed E-state index contributed by atoms with van der Waals surface area (Å²) in [5, 5.41) is 6.53. The molecule has 2 aliphatic rings. The molecule has 0 spiro atoms. The quantitative estimate of drug-likeness (QED) is 0.353. The van der Waals surface area contributed by atoms with Crippen LogP contribution >= 0.6 is 24.0 Å². The number of hydrogen-bond donors (Lipinski definition) is 2. The van der Waals surface area contributed by atoms with E-state index >= 15 is 0 Å². The van der Waals surface area contributed by atoms with Gasteiger partial charge < -0.3 is 10.6 Å². The highest BCUT2D eigenvalue weighted by atomic mass is 127. The summed E-state index contributed by atoms with van der Waals surface area (Å²) in [4.78, 5) is 4.83. The van der Waals surface area contributed by atoms with E-state index in [0.29, 0.717) is 18.9 Å². The molecule has 1 saturated carbocycles. The highest BCUT2D eigenvalue weighted by Gasteiger charge is 2.34. The van der Waals surface area contributed by atoms with Gasteiger partial charge in [-0.15, -0.1) is 24.0 Å². The Bertz CT molecular complexity index is 762. The molecule has 1 aromatic rings. The van der Waals surface area contributed by atoms with E-state index in [-0.39, 0.29) is 52.8 Å². The second-order valence-corrected chi connectivity index (χ2v) is 10.0. The highest BCUT2D eigenvalue weighted by Crippen LogP contribution is 2.39. The summed E-state index contributed by atoms with van der Waals surface area (Å²) in [5.74, 6) is 0.863. The van der Waals surface area contributed by atoms with Gasteiger partial charge in [-0.05, 0) is 43.9 Å². The van der Waals surface area contributed by atoms with Gasteiger partial charge in [0, 0.05) is 18.0 Å². The fraction of sp³-hybridized carbons (Fsp3) is 0.650. The molecular weight excluding hydrogens is 492 g/mol. The molecule has 1 atom stereocenters. The molecule has 1 aliphatic heterocycles. The maximum atomic E-state index is 13.4. The molecule has 1 aliphatic carbocycles. The predicted octanol–water partition coefficient (Wildman–Crippen LogP) is 3.39. The van der Waals surface area contributed by atoms with Crippen molar-refractivity contribution in [3.05, 3.63) is 35.6 Å². The number of hydrogen-bond acceptors (Lipinski definition) is 3. The summed E-state index contributed by atoms with van der Waals surface area (Å²) in [5.41, 5.74) is 1.07. The lowest BCUT2D eigenvalue weighted by Crippen LogP contribution is -2.45. The zero-order valence-corrected chi connectivity index (χ0v) is 19.6. The molecule has 1 heterocycles. The van der Waals surface area contributed by atoms with Crippen LogP contribution in [0.25, 0.3) is 0 Å².